The lowest BCUT2D eigenvalue weighted by atomic mass is 10.0. The number of nitrogens with zero attached hydrogens (tertiary/aromatic N) is 1. The third-order valence-electron chi connectivity index (χ3n) is 6.13. The highest BCUT2D eigenvalue weighted by molar-refractivity contribution is 7.92. The average Bonchev–Trinajstić information content (AvgIpc) is 3.10. The maximum Gasteiger partial charge on any atom is 0.340 e. The summed E-state index contributed by atoms with van der Waals surface area (Å²) >= 11 is 0. The highest BCUT2D eigenvalue weighted by atomic mass is 32.2. The molecule has 34 heavy (non-hydrogen) atoms. The molecule has 0 fully saturated rings. The van der Waals surface area contributed by atoms with Crippen molar-refractivity contribution in [3.63, 3.8) is 0 Å². The Morgan fingerprint density at radius 2 is 1.59 bits per heavy atom. The van der Waals surface area contributed by atoms with E-state index in [9.17, 15) is 13.2 Å². The summed E-state index contributed by atoms with van der Waals surface area (Å²) in [5.41, 5.74) is 6.17. The molecule has 0 unspecified atom stereocenters. The van der Waals surface area contributed by atoms with E-state index in [1.807, 2.05) is 56.5 Å². The lowest BCUT2D eigenvalue weighted by molar-refractivity contribution is 0.0527. The van der Waals surface area contributed by atoms with E-state index in [-0.39, 0.29) is 11.5 Å². The fourth-order valence-electron chi connectivity index (χ4n) is 4.24. The summed E-state index contributed by atoms with van der Waals surface area (Å²) < 4.78 is 36.2. The van der Waals surface area contributed by atoms with Gasteiger partial charge in [-0.05, 0) is 76.1 Å². The third-order valence-corrected chi connectivity index (χ3v) is 7.51. The van der Waals surface area contributed by atoms with Gasteiger partial charge in [-0.1, -0.05) is 35.9 Å². The number of aryl methyl sites for hydroxylation is 2. The summed E-state index contributed by atoms with van der Waals surface area (Å²) in [7, 11) is -3.80. The van der Waals surface area contributed by atoms with Gasteiger partial charge in [-0.2, -0.15) is 0 Å². The number of rotatable bonds is 6. The monoisotopic (exact) mass is 476 g/mol. The van der Waals surface area contributed by atoms with Gasteiger partial charge in [-0.25, -0.2) is 13.2 Å². The second-order valence-corrected chi connectivity index (χ2v) is 10.0. The topological polar surface area (TPSA) is 77.4 Å². The van der Waals surface area contributed by atoms with Gasteiger partial charge in [0.25, 0.3) is 10.0 Å². The molecular formula is C27H28N2O4S. The number of ether oxygens (including phenoxy) is 1. The van der Waals surface area contributed by atoms with E-state index in [0.29, 0.717) is 16.6 Å². The zero-order chi connectivity index (χ0) is 24.6. The van der Waals surface area contributed by atoms with Crippen molar-refractivity contribution >= 4 is 32.6 Å². The van der Waals surface area contributed by atoms with Gasteiger partial charge in [0.05, 0.1) is 28.3 Å². The summed E-state index contributed by atoms with van der Waals surface area (Å²) in [6.45, 7) is 9.74. The normalized spacial score (nSPS) is 11.6. The number of esters is 1. The van der Waals surface area contributed by atoms with E-state index >= 15 is 0 Å². The Morgan fingerprint density at radius 3 is 2.21 bits per heavy atom. The summed E-state index contributed by atoms with van der Waals surface area (Å²) in [5, 5.41) is 0.644. The quantitative estimate of drug-likeness (QED) is 0.355. The van der Waals surface area contributed by atoms with Crippen LogP contribution in [0.5, 0.6) is 0 Å². The molecule has 1 heterocycles. The largest absolute Gasteiger partial charge is 0.462 e. The molecule has 0 aliphatic rings. The van der Waals surface area contributed by atoms with Crippen molar-refractivity contribution in [1.82, 2.24) is 4.57 Å². The van der Waals surface area contributed by atoms with E-state index in [1.165, 1.54) is 0 Å². The highest BCUT2D eigenvalue weighted by Crippen LogP contribution is 2.37. The van der Waals surface area contributed by atoms with Crippen LogP contribution in [-0.2, 0) is 14.8 Å². The van der Waals surface area contributed by atoms with Gasteiger partial charge in [0, 0.05) is 16.8 Å². The van der Waals surface area contributed by atoms with E-state index in [1.54, 1.807) is 43.3 Å². The zero-order valence-electron chi connectivity index (χ0n) is 20.0. The Kier molecular flexibility index (Phi) is 6.23. The SMILES string of the molecule is CCOC(=O)c1c(C)n(-c2ccc(C)cc2)c2c(C)c(C)c(NS(=O)(=O)c3ccccc3)cc12. The lowest BCUT2D eigenvalue weighted by Gasteiger charge is -2.16. The van der Waals surface area contributed by atoms with Crippen molar-refractivity contribution in [3.8, 4) is 5.69 Å². The van der Waals surface area contributed by atoms with Crippen LogP contribution in [0, 0.1) is 27.7 Å². The Hall–Kier alpha value is -3.58. The predicted molar refractivity (Wildman–Crippen MR) is 135 cm³/mol. The van der Waals surface area contributed by atoms with Crippen LogP contribution in [0.25, 0.3) is 16.6 Å². The first-order chi connectivity index (χ1) is 16.2. The number of hydrogen-bond acceptors (Lipinski definition) is 4. The smallest absolute Gasteiger partial charge is 0.340 e. The Morgan fingerprint density at radius 1 is 0.941 bits per heavy atom. The number of anilines is 1. The van der Waals surface area contributed by atoms with Crippen LogP contribution < -0.4 is 4.72 Å². The molecule has 0 aliphatic heterocycles. The second-order valence-electron chi connectivity index (χ2n) is 8.34. The zero-order valence-corrected chi connectivity index (χ0v) is 20.8. The minimum atomic E-state index is -3.80. The fourth-order valence-corrected chi connectivity index (χ4v) is 5.38. The Bertz CT molecular complexity index is 1490. The van der Waals surface area contributed by atoms with Crippen molar-refractivity contribution in [2.24, 2.45) is 0 Å². The maximum atomic E-state index is 13.0. The van der Waals surface area contributed by atoms with Gasteiger partial charge >= 0.3 is 5.97 Å². The number of aromatic nitrogens is 1. The van der Waals surface area contributed by atoms with Crippen molar-refractivity contribution in [2.75, 3.05) is 11.3 Å². The molecule has 176 valence electrons. The fraction of sp³-hybridized carbons (Fsp3) is 0.222. The molecule has 0 bridgehead atoms. The van der Waals surface area contributed by atoms with Crippen LogP contribution in [0.2, 0.25) is 0 Å². The Labute approximate surface area is 200 Å². The predicted octanol–water partition coefficient (Wildman–Crippen LogP) is 5.84. The lowest BCUT2D eigenvalue weighted by Crippen LogP contribution is -2.14. The summed E-state index contributed by atoms with van der Waals surface area (Å²) in [6, 6.07) is 18.0. The molecule has 3 aromatic carbocycles. The van der Waals surface area contributed by atoms with Crippen molar-refractivity contribution < 1.29 is 17.9 Å². The van der Waals surface area contributed by atoms with Crippen LogP contribution >= 0.6 is 0 Å². The maximum absolute atomic E-state index is 13.0. The first kappa shape index (κ1) is 23.6. The van der Waals surface area contributed by atoms with Crippen molar-refractivity contribution in [1.29, 1.82) is 0 Å². The first-order valence-electron chi connectivity index (χ1n) is 11.1. The average molecular weight is 477 g/mol. The molecule has 6 nitrogen and oxygen atoms in total. The van der Waals surface area contributed by atoms with Gasteiger partial charge in [0.2, 0.25) is 0 Å². The van der Waals surface area contributed by atoms with Crippen LogP contribution in [0.1, 0.15) is 39.7 Å². The van der Waals surface area contributed by atoms with Crippen molar-refractivity contribution in [3.05, 3.63) is 88.6 Å². The van der Waals surface area contributed by atoms with E-state index in [0.717, 1.165) is 33.6 Å². The summed E-state index contributed by atoms with van der Waals surface area (Å²) in [6.07, 6.45) is 0. The highest BCUT2D eigenvalue weighted by Gasteiger charge is 2.26. The van der Waals surface area contributed by atoms with Crippen LogP contribution in [0.15, 0.2) is 65.6 Å². The molecule has 0 aliphatic carbocycles. The van der Waals surface area contributed by atoms with Gasteiger partial charge in [-0.3, -0.25) is 4.72 Å². The first-order valence-corrected chi connectivity index (χ1v) is 12.6. The molecule has 4 aromatic rings. The summed E-state index contributed by atoms with van der Waals surface area (Å²) in [4.78, 5) is 13.2. The second kappa shape index (κ2) is 8.99. The molecule has 4 rings (SSSR count). The van der Waals surface area contributed by atoms with Crippen LogP contribution in [0.4, 0.5) is 5.69 Å². The van der Waals surface area contributed by atoms with Gasteiger partial charge < -0.3 is 9.30 Å². The number of sulfonamides is 1. The van der Waals surface area contributed by atoms with E-state index < -0.39 is 16.0 Å². The van der Waals surface area contributed by atoms with E-state index in [2.05, 4.69) is 4.72 Å². The molecule has 1 N–H and O–H groups in total. The van der Waals surface area contributed by atoms with Crippen LogP contribution in [0.3, 0.4) is 0 Å². The summed E-state index contributed by atoms with van der Waals surface area (Å²) in [5.74, 6) is -0.434. The third kappa shape index (κ3) is 4.07. The number of carbonyl (C=O) groups is 1. The molecule has 0 saturated heterocycles. The number of nitrogens with one attached hydrogen (secondary N) is 1. The number of benzene rings is 3. The minimum absolute atomic E-state index is 0.172. The molecule has 0 radical (unpaired) electrons. The Balaban J connectivity index is 1.99. The van der Waals surface area contributed by atoms with Gasteiger partial charge in [0.15, 0.2) is 0 Å². The molecule has 1 aromatic heterocycles. The molecule has 7 heteroatoms. The standard InChI is InChI=1S/C27H28N2O4S/c1-6-33-27(30)25-20(5)29(21-14-12-17(2)13-15-21)26-19(4)18(3)24(16-23(25)26)28-34(31,32)22-10-8-7-9-11-22/h7-16,28H,6H2,1-5H3. The minimum Gasteiger partial charge on any atom is -0.462 e. The molecule has 0 amide bonds. The number of hydrogen-bond donors (Lipinski definition) is 1. The van der Waals surface area contributed by atoms with Gasteiger partial charge in [0.1, 0.15) is 0 Å². The number of carbonyl (C=O) groups excluding carboxylic acids is 1. The molecule has 0 spiro atoms. The molecule has 0 saturated carbocycles. The number of fused-ring (bicyclic) bond motifs is 1. The van der Waals surface area contributed by atoms with Crippen LogP contribution in [-0.4, -0.2) is 25.6 Å². The van der Waals surface area contributed by atoms with Crippen molar-refractivity contribution in [2.45, 2.75) is 39.5 Å². The molecular weight excluding hydrogens is 448 g/mol. The van der Waals surface area contributed by atoms with Gasteiger partial charge in [-0.15, -0.1) is 0 Å². The van der Waals surface area contributed by atoms with E-state index in [4.69, 9.17) is 4.74 Å². The molecule has 0 atom stereocenters.